The number of nitrogens with zero attached hydrogens (tertiary/aromatic N) is 4. The molecule has 3 amide bonds. The molecule has 3 N–H and O–H groups in total. The first-order chi connectivity index (χ1) is 12.1. The minimum absolute atomic E-state index is 0.00760. The maximum atomic E-state index is 12.6. The largest absolute Gasteiger partial charge is 0.352 e. The van der Waals surface area contributed by atoms with Crippen LogP contribution >= 0.6 is 0 Å². The van der Waals surface area contributed by atoms with Crippen molar-refractivity contribution in [1.82, 2.24) is 20.4 Å². The van der Waals surface area contributed by atoms with E-state index in [1.807, 2.05) is 29.2 Å². The van der Waals surface area contributed by atoms with E-state index in [9.17, 15) is 9.59 Å². The molecule has 0 bridgehead atoms. The van der Waals surface area contributed by atoms with Gasteiger partial charge in [0.1, 0.15) is 0 Å². The van der Waals surface area contributed by atoms with E-state index in [1.54, 1.807) is 18.3 Å². The number of piperazine rings is 1. The van der Waals surface area contributed by atoms with Crippen molar-refractivity contribution >= 4 is 17.8 Å². The summed E-state index contributed by atoms with van der Waals surface area (Å²) in [7, 11) is 0. The summed E-state index contributed by atoms with van der Waals surface area (Å²) >= 11 is 0. The van der Waals surface area contributed by atoms with E-state index in [0.717, 1.165) is 24.5 Å². The summed E-state index contributed by atoms with van der Waals surface area (Å²) in [6.45, 7) is 3.08. The zero-order chi connectivity index (χ0) is 17.6. The van der Waals surface area contributed by atoms with Gasteiger partial charge in [-0.05, 0) is 29.8 Å². The molecule has 2 heterocycles. The number of nitrogens with one attached hydrogen (secondary N) is 1. The van der Waals surface area contributed by atoms with Crippen molar-refractivity contribution < 1.29 is 9.59 Å². The van der Waals surface area contributed by atoms with E-state index in [2.05, 4.69) is 20.4 Å². The second kappa shape index (κ2) is 7.61. The van der Waals surface area contributed by atoms with Gasteiger partial charge in [-0.3, -0.25) is 4.79 Å². The molecule has 1 aromatic heterocycles. The first-order valence-electron chi connectivity index (χ1n) is 8.07. The van der Waals surface area contributed by atoms with E-state index in [-0.39, 0.29) is 5.91 Å². The summed E-state index contributed by atoms with van der Waals surface area (Å²) in [5.74, 6) is 0.842. The molecule has 25 heavy (non-hydrogen) atoms. The van der Waals surface area contributed by atoms with Crippen molar-refractivity contribution in [2.24, 2.45) is 5.73 Å². The summed E-state index contributed by atoms with van der Waals surface area (Å²) in [5, 5.41) is 10.5. The summed E-state index contributed by atoms with van der Waals surface area (Å²) in [6, 6.07) is 10.4. The SMILES string of the molecule is NC(=O)NCc1ccc(C(=O)N2CCN(c3cccnn3)CC2)cc1. The van der Waals surface area contributed by atoms with Gasteiger partial charge in [-0.2, -0.15) is 5.10 Å². The molecule has 0 saturated carbocycles. The van der Waals surface area contributed by atoms with Gasteiger partial charge in [0, 0.05) is 44.5 Å². The van der Waals surface area contributed by atoms with Gasteiger partial charge in [-0.15, -0.1) is 5.10 Å². The zero-order valence-electron chi connectivity index (χ0n) is 13.8. The fourth-order valence-corrected chi connectivity index (χ4v) is 2.74. The molecule has 0 unspecified atom stereocenters. The third kappa shape index (κ3) is 4.23. The summed E-state index contributed by atoms with van der Waals surface area (Å²) < 4.78 is 0. The lowest BCUT2D eigenvalue weighted by atomic mass is 10.1. The quantitative estimate of drug-likeness (QED) is 0.848. The van der Waals surface area contributed by atoms with E-state index in [1.165, 1.54) is 0 Å². The monoisotopic (exact) mass is 340 g/mol. The molecular formula is C17H20N6O2. The normalized spacial score (nSPS) is 14.2. The predicted octanol–water partition coefficient (Wildman–Crippen LogP) is 0.607. The van der Waals surface area contributed by atoms with Crippen molar-refractivity contribution in [2.45, 2.75) is 6.54 Å². The van der Waals surface area contributed by atoms with E-state index in [4.69, 9.17) is 5.73 Å². The standard InChI is InChI=1S/C17H20N6O2/c18-17(25)19-12-13-3-5-14(6-4-13)16(24)23-10-8-22(9-11-23)15-2-1-7-20-21-15/h1-7H,8-12H2,(H3,18,19,25). The number of rotatable bonds is 4. The van der Waals surface area contributed by atoms with Crippen LogP contribution in [0.4, 0.5) is 10.6 Å². The molecule has 1 aromatic carbocycles. The van der Waals surface area contributed by atoms with Crippen LogP contribution in [0.1, 0.15) is 15.9 Å². The fraction of sp³-hybridized carbons (Fsp3) is 0.294. The lowest BCUT2D eigenvalue weighted by Gasteiger charge is -2.35. The number of hydrogen-bond donors (Lipinski definition) is 2. The molecule has 3 rings (SSSR count). The molecule has 1 saturated heterocycles. The maximum Gasteiger partial charge on any atom is 0.312 e. The maximum absolute atomic E-state index is 12.6. The molecule has 8 heteroatoms. The lowest BCUT2D eigenvalue weighted by Crippen LogP contribution is -2.49. The van der Waals surface area contributed by atoms with Crippen molar-refractivity contribution in [3.8, 4) is 0 Å². The number of hydrogen-bond acceptors (Lipinski definition) is 5. The lowest BCUT2D eigenvalue weighted by molar-refractivity contribution is 0.0746. The van der Waals surface area contributed by atoms with Crippen LogP contribution in [0.5, 0.6) is 0 Å². The first kappa shape index (κ1) is 16.7. The number of amides is 3. The van der Waals surface area contributed by atoms with Crippen LogP contribution in [0.15, 0.2) is 42.6 Å². The van der Waals surface area contributed by atoms with Gasteiger partial charge in [0.2, 0.25) is 0 Å². The van der Waals surface area contributed by atoms with Gasteiger partial charge in [-0.1, -0.05) is 12.1 Å². The Labute approximate surface area is 145 Å². The Kier molecular flexibility index (Phi) is 5.08. The molecule has 0 spiro atoms. The molecule has 0 radical (unpaired) electrons. The van der Waals surface area contributed by atoms with Crippen LogP contribution in [-0.4, -0.2) is 53.2 Å². The molecule has 0 atom stereocenters. The van der Waals surface area contributed by atoms with Crippen molar-refractivity contribution in [2.75, 3.05) is 31.1 Å². The van der Waals surface area contributed by atoms with E-state index < -0.39 is 6.03 Å². The first-order valence-corrected chi connectivity index (χ1v) is 8.07. The van der Waals surface area contributed by atoms with Crippen LogP contribution in [0.3, 0.4) is 0 Å². The van der Waals surface area contributed by atoms with E-state index >= 15 is 0 Å². The van der Waals surface area contributed by atoms with Gasteiger partial charge in [0.05, 0.1) is 0 Å². The Morgan fingerprint density at radius 2 is 1.80 bits per heavy atom. The number of urea groups is 1. The second-order valence-corrected chi connectivity index (χ2v) is 5.78. The summed E-state index contributed by atoms with van der Waals surface area (Å²) in [4.78, 5) is 27.3. The highest BCUT2D eigenvalue weighted by Crippen LogP contribution is 2.14. The number of carbonyl (C=O) groups is 2. The number of primary amides is 1. The third-order valence-corrected chi connectivity index (χ3v) is 4.12. The average Bonchev–Trinajstić information content (AvgIpc) is 2.67. The minimum atomic E-state index is -0.568. The molecule has 1 aliphatic rings. The Balaban J connectivity index is 1.56. The van der Waals surface area contributed by atoms with E-state index in [0.29, 0.717) is 25.2 Å². The molecule has 0 aliphatic carbocycles. The van der Waals surface area contributed by atoms with Gasteiger partial charge in [0.15, 0.2) is 5.82 Å². The predicted molar refractivity (Wildman–Crippen MR) is 93.0 cm³/mol. The molecule has 130 valence electrons. The Bertz CT molecular complexity index is 727. The zero-order valence-corrected chi connectivity index (χ0v) is 13.8. The number of nitrogens with two attached hydrogens (primary N) is 1. The van der Waals surface area contributed by atoms with Gasteiger partial charge in [0.25, 0.3) is 5.91 Å². The third-order valence-electron chi connectivity index (χ3n) is 4.12. The van der Waals surface area contributed by atoms with Gasteiger partial charge >= 0.3 is 6.03 Å². The van der Waals surface area contributed by atoms with Crippen LogP contribution in [-0.2, 0) is 6.54 Å². The molecule has 1 aliphatic heterocycles. The molecule has 1 fully saturated rings. The highest BCUT2D eigenvalue weighted by Gasteiger charge is 2.22. The Hall–Kier alpha value is -3.16. The number of anilines is 1. The van der Waals surface area contributed by atoms with Crippen LogP contribution in [0.25, 0.3) is 0 Å². The number of aromatic nitrogens is 2. The highest BCUT2D eigenvalue weighted by molar-refractivity contribution is 5.94. The second-order valence-electron chi connectivity index (χ2n) is 5.78. The smallest absolute Gasteiger partial charge is 0.312 e. The topological polar surface area (TPSA) is 104 Å². The van der Waals surface area contributed by atoms with Crippen molar-refractivity contribution in [3.63, 3.8) is 0 Å². The molecular weight excluding hydrogens is 320 g/mol. The highest BCUT2D eigenvalue weighted by atomic mass is 16.2. The Morgan fingerprint density at radius 1 is 1.08 bits per heavy atom. The molecule has 2 aromatic rings. The minimum Gasteiger partial charge on any atom is -0.352 e. The fourth-order valence-electron chi connectivity index (χ4n) is 2.74. The Morgan fingerprint density at radius 3 is 2.40 bits per heavy atom. The van der Waals surface area contributed by atoms with Crippen molar-refractivity contribution in [1.29, 1.82) is 0 Å². The number of carbonyl (C=O) groups excluding carboxylic acids is 2. The van der Waals surface area contributed by atoms with Gasteiger partial charge in [-0.25, -0.2) is 4.79 Å². The molecule has 8 nitrogen and oxygen atoms in total. The van der Waals surface area contributed by atoms with Crippen LogP contribution in [0, 0.1) is 0 Å². The van der Waals surface area contributed by atoms with Gasteiger partial charge < -0.3 is 20.9 Å². The number of benzene rings is 1. The average molecular weight is 340 g/mol. The summed E-state index contributed by atoms with van der Waals surface area (Å²) in [5.41, 5.74) is 6.57. The van der Waals surface area contributed by atoms with Crippen LogP contribution < -0.4 is 16.0 Å². The van der Waals surface area contributed by atoms with Crippen LogP contribution in [0.2, 0.25) is 0 Å². The summed E-state index contributed by atoms with van der Waals surface area (Å²) in [6.07, 6.45) is 1.64. The van der Waals surface area contributed by atoms with Crippen molar-refractivity contribution in [3.05, 3.63) is 53.7 Å².